The summed E-state index contributed by atoms with van der Waals surface area (Å²) >= 11 is 0. The molecule has 3 aromatic carbocycles. The van der Waals surface area contributed by atoms with Crippen molar-refractivity contribution in [3.05, 3.63) is 95.1 Å². The maximum Gasteiger partial charge on any atom is 0.430 e. The predicted octanol–water partition coefficient (Wildman–Crippen LogP) is 6.92. The Bertz CT molecular complexity index is 1960. The normalized spacial score (nSPS) is 22.0. The third-order valence-electron chi connectivity index (χ3n) is 10.2. The number of carbonyl (C=O) groups is 3. The number of hydrogen-bond acceptors (Lipinski definition) is 7. The fourth-order valence-corrected chi connectivity index (χ4v) is 7.28. The fourth-order valence-electron chi connectivity index (χ4n) is 7.28. The Kier molecular flexibility index (Phi) is 10.6. The van der Waals surface area contributed by atoms with Crippen molar-refractivity contribution in [3.8, 4) is 11.5 Å². The minimum atomic E-state index is -5.88. The number of imide groups is 1. The van der Waals surface area contributed by atoms with Crippen LogP contribution < -0.4 is 19.7 Å². The summed E-state index contributed by atoms with van der Waals surface area (Å²) in [5, 5.41) is 2.68. The molecular weight excluding hydrogens is 734 g/mol. The topological polar surface area (TPSA) is 101 Å². The van der Waals surface area contributed by atoms with E-state index in [0.717, 1.165) is 17.0 Å². The lowest BCUT2D eigenvalue weighted by Gasteiger charge is -2.46. The molecule has 4 amide bonds. The number of alkyl halides is 6. The van der Waals surface area contributed by atoms with Gasteiger partial charge in [0.25, 0.3) is 11.5 Å². The van der Waals surface area contributed by atoms with Gasteiger partial charge in [0.15, 0.2) is 11.5 Å². The number of urea groups is 1. The van der Waals surface area contributed by atoms with Crippen molar-refractivity contribution in [1.29, 1.82) is 0 Å². The maximum absolute atomic E-state index is 14.7. The van der Waals surface area contributed by atoms with Gasteiger partial charge in [-0.05, 0) is 68.7 Å². The maximum atomic E-state index is 14.7. The number of ether oxygens (including phenoxy) is 3. The summed E-state index contributed by atoms with van der Waals surface area (Å²) in [6, 6.07) is 13.2. The number of hydrogen-bond donors (Lipinski definition) is 1. The SMILES string of the molecule is C/C=C\c1cc(C(OCc2ccccc2)(C(F)(F)F)C(F)(F)F)ccc1N1C[C@H](C)N(C(=O)CN2C(=O)NC(C)(c3ccc4c(c3)OCCO4)C2=O)C[C@H]1C. The second kappa shape index (κ2) is 14.8. The van der Waals surface area contributed by atoms with Gasteiger partial charge in [0.2, 0.25) is 5.91 Å². The van der Waals surface area contributed by atoms with E-state index in [2.05, 4.69) is 5.32 Å². The van der Waals surface area contributed by atoms with Crippen molar-refractivity contribution in [2.24, 2.45) is 0 Å². The Morgan fingerprint density at radius 3 is 2.24 bits per heavy atom. The van der Waals surface area contributed by atoms with Crippen LogP contribution in [-0.2, 0) is 32.1 Å². The molecule has 3 aliphatic heterocycles. The number of carbonyl (C=O) groups excluding carboxylic acids is 3. The van der Waals surface area contributed by atoms with E-state index in [9.17, 15) is 40.7 Å². The zero-order chi connectivity index (χ0) is 39.9. The van der Waals surface area contributed by atoms with Gasteiger partial charge in [0.05, 0.1) is 6.61 Å². The molecule has 1 N–H and O–H groups in total. The summed E-state index contributed by atoms with van der Waals surface area (Å²) in [6.07, 6.45) is -8.84. The van der Waals surface area contributed by atoms with Gasteiger partial charge in [-0.3, -0.25) is 14.5 Å². The second-order valence-electron chi connectivity index (χ2n) is 13.9. The van der Waals surface area contributed by atoms with Crippen molar-refractivity contribution in [3.63, 3.8) is 0 Å². The Morgan fingerprint density at radius 2 is 1.58 bits per heavy atom. The first-order valence-electron chi connectivity index (χ1n) is 17.6. The van der Waals surface area contributed by atoms with Gasteiger partial charge in [0.1, 0.15) is 25.3 Å². The number of amides is 4. The highest BCUT2D eigenvalue weighted by molar-refractivity contribution is 6.09. The molecule has 3 aromatic rings. The standard InChI is InChI=1S/C39H40F6N4O6/c1-5-9-27-18-29(37(38(40,41)42,39(43,44)45)55-23-26-10-7-6-8-11-26)12-14-30(27)47-20-25(3)48(21-24(47)2)33(50)22-49-34(51)36(4,46-35(49)52)28-13-15-31-32(19-28)54-17-16-53-31/h5-15,18-19,24-25H,16-17,20-23H2,1-4H3,(H,46,52)/b9-5-/t24-,25+,36?/m1/s1. The van der Waals surface area contributed by atoms with Crippen molar-refractivity contribution in [1.82, 2.24) is 15.1 Å². The summed E-state index contributed by atoms with van der Waals surface area (Å²) < 4.78 is 104. The van der Waals surface area contributed by atoms with Crippen LogP contribution in [0, 0.1) is 0 Å². The molecule has 0 bridgehead atoms. The van der Waals surface area contributed by atoms with Crippen LogP contribution in [0.25, 0.3) is 6.08 Å². The van der Waals surface area contributed by atoms with E-state index in [4.69, 9.17) is 14.2 Å². The van der Waals surface area contributed by atoms with Crippen LogP contribution in [0.15, 0.2) is 72.8 Å². The van der Waals surface area contributed by atoms with Gasteiger partial charge in [0, 0.05) is 36.4 Å². The summed E-state index contributed by atoms with van der Waals surface area (Å²) in [7, 11) is 0. The molecule has 3 atom stereocenters. The second-order valence-corrected chi connectivity index (χ2v) is 13.9. The lowest BCUT2D eigenvalue weighted by Crippen LogP contribution is -2.60. The first kappa shape index (κ1) is 39.4. The monoisotopic (exact) mass is 774 g/mol. The van der Waals surface area contributed by atoms with E-state index in [1.54, 1.807) is 49.9 Å². The van der Waals surface area contributed by atoms with Gasteiger partial charge >= 0.3 is 18.4 Å². The molecule has 294 valence electrons. The lowest BCUT2D eigenvalue weighted by atomic mass is 9.89. The van der Waals surface area contributed by atoms with Gasteiger partial charge in [-0.1, -0.05) is 54.6 Å². The minimum absolute atomic E-state index is 0.0787. The number of nitrogens with one attached hydrogen (secondary N) is 1. The molecule has 2 fully saturated rings. The molecule has 0 saturated carbocycles. The minimum Gasteiger partial charge on any atom is -0.486 e. The van der Waals surface area contributed by atoms with Crippen molar-refractivity contribution < 1.29 is 54.9 Å². The number of anilines is 1. The average Bonchev–Trinajstić information content (AvgIpc) is 3.35. The van der Waals surface area contributed by atoms with Crippen LogP contribution in [0.1, 0.15) is 49.9 Å². The van der Waals surface area contributed by atoms with Crippen LogP contribution in [0.5, 0.6) is 11.5 Å². The lowest BCUT2D eigenvalue weighted by molar-refractivity contribution is -0.392. The van der Waals surface area contributed by atoms with E-state index in [1.165, 1.54) is 54.3 Å². The predicted molar refractivity (Wildman–Crippen MR) is 189 cm³/mol. The summed E-state index contributed by atoms with van der Waals surface area (Å²) in [4.78, 5) is 44.6. The number of fused-ring (bicyclic) bond motifs is 1. The molecular formula is C39H40F6N4O6. The molecule has 3 heterocycles. The molecule has 16 heteroatoms. The number of halogens is 6. The molecule has 55 heavy (non-hydrogen) atoms. The highest BCUT2D eigenvalue weighted by atomic mass is 19.4. The van der Waals surface area contributed by atoms with Gasteiger partial charge < -0.3 is 29.3 Å². The Labute approximate surface area is 313 Å². The zero-order valence-corrected chi connectivity index (χ0v) is 30.5. The number of rotatable bonds is 9. The number of piperazine rings is 1. The molecule has 2 saturated heterocycles. The van der Waals surface area contributed by atoms with E-state index in [0.29, 0.717) is 36.0 Å². The molecule has 0 aromatic heterocycles. The van der Waals surface area contributed by atoms with Crippen molar-refractivity contribution in [2.45, 2.75) is 69.9 Å². The first-order chi connectivity index (χ1) is 25.9. The van der Waals surface area contributed by atoms with Crippen molar-refractivity contribution >= 4 is 29.6 Å². The Morgan fingerprint density at radius 1 is 0.909 bits per heavy atom. The van der Waals surface area contributed by atoms with Crippen LogP contribution in [0.2, 0.25) is 0 Å². The van der Waals surface area contributed by atoms with Gasteiger partial charge in [-0.2, -0.15) is 26.3 Å². The highest BCUT2D eigenvalue weighted by Crippen LogP contribution is 2.54. The Balaban J connectivity index is 1.22. The zero-order valence-electron chi connectivity index (χ0n) is 30.5. The fraction of sp³-hybridized carbons (Fsp3) is 0.410. The molecule has 6 rings (SSSR count). The van der Waals surface area contributed by atoms with Crippen LogP contribution in [-0.4, -0.2) is 84.9 Å². The molecule has 3 aliphatic rings. The summed E-state index contributed by atoms with van der Waals surface area (Å²) in [5.41, 5.74) is -6.25. The third kappa shape index (κ3) is 7.19. The van der Waals surface area contributed by atoms with Crippen LogP contribution >= 0.6 is 0 Å². The Hall–Kier alpha value is -5.25. The molecule has 10 nitrogen and oxygen atoms in total. The quantitative estimate of drug-likeness (QED) is 0.186. The molecule has 0 spiro atoms. The summed E-state index contributed by atoms with van der Waals surface area (Å²) in [5.74, 6) is -0.235. The smallest absolute Gasteiger partial charge is 0.430 e. The van der Waals surface area contributed by atoms with Crippen molar-refractivity contribution in [2.75, 3.05) is 37.7 Å². The molecule has 0 aliphatic carbocycles. The number of nitrogens with zero attached hydrogens (tertiary/aromatic N) is 3. The van der Waals surface area contributed by atoms with Crippen LogP contribution in [0.3, 0.4) is 0 Å². The van der Waals surface area contributed by atoms with E-state index in [-0.39, 0.29) is 24.2 Å². The third-order valence-corrected chi connectivity index (χ3v) is 10.2. The largest absolute Gasteiger partial charge is 0.486 e. The number of benzene rings is 3. The molecule has 0 radical (unpaired) electrons. The van der Waals surface area contributed by atoms with E-state index in [1.807, 2.05) is 0 Å². The van der Waals surface area contributed by atoms with Gasteiger partial charge in [-0.25, -0.2) is 4.79 Å². The number of allylic oxidation sites excluding steroid dienone is 1. The van der Waals surface area contributed by atoms with E-state index < -0.39 is 72.1 Å². The summed E-state index contributed by atoms with van der Waals surface area (Å²) in [6.45, 7) is 6.00. The first-order valence-corrected chi connectivity index (χ1v) is 17.6. The molecule has 1 unspecified atom stereocenters. The van der Waals surface area contributed by atoms with Crippen LogP contribution in [0.4, 0.5) is 36.8 Å². The van der Waals surface area contributed by atoms with Gasteiger partial charge in [-0.15, -0.1) is 0 Å². The van der Waals surface area contributed by atoms with E-state index >= 15 is 0 Å². The highest BCUT2D eigenvalue weighted by Gasteiger charge is 2.73. The average molecular weight is 775 g/mol.